The number of nitrogens with zero attached hydrogens (tertiary/aromatic N) is 2. The lowest BCUT2D eigenvalue weighted by Crippen LogP contribution is -2.35. The van der Waals surface area contributed by atoms with Crippen LogP contribution in [0.1, 0.15) is 35.8 Å². The molecular weight excluding hydrogens is 236 g/mol. The summed E-state index contributed by atoms with van der Waals surface area (Å²) in [7, 11) is 0. The summed E-state index contributed by atoms with van der Waals surface area (Å²) in [6.45, 7) is 5.05. The number of benzene rings is 1. The zero-order valence-corrected chi connectivity index (χ0v) is 11.2. The highest BCUT2D eigenvalue weighted by molar-refractivity contribution is 5.40. The van der Waals surface area contributed by atoms with Crippen molar-refractivity contribution in [1.82, 2.24) is 15.3 Å². The van der Waals surface area contributed by atoms with Crippen molar-refractivity contribution in [2.75, 3.05) is 11.9 Å². The highest BCUT2D eigenvalue weighted by Crippen LogP contribution is 2.29. The summed E-state index contributed by atoms with van der Waals surface area (Å²) in [5, 5.41) is 6.92. The Balaban J connectivity index is 1.89. The van der Waals surface area contributed by atoms with Crippen molar-refractivity contribution in [2.45, 2.75) is 25.9 Å². The summed E-state index contributed by atoms with van der Waals surface area (Å²) in [5.41, 5.74) is 3.65. The second-order valence-electron chi connectivity index (χ2n) is 4.98. The second kappa shape index (κ2) is 4.97. The van der Waals surface area contributed by atoms with Gasteiger partial charge in [-0.1, -0.05) is 24.3 Å². The van der Waals surface area contributed by atoms with Gasteiger partial charge in [0.2, 0.25) is 5.95 Å². The molecule has 0 bridgehead atoms. The molecule has 19 heavy (non-hydrogen) atoms. The quantitative estimate of drug-likeness (QED) is 0.865. The third-order valence-electron chi connectivity index (χ3n) is 3.56. The minimum absolute atomic E-state index is 0.217. The van der Waals surface area contributed by atoms with E-state index < -0.39 is 0 Å². The number of anilines is 1. The average Bonchev–Trinajstić information content (AvgIpc) is 2.42. The fourth-order valence-corrected chi connectivity index (χ4v) is 2.54. The first-order valence-electron chi connectivity index (χ1n) is 6.62. The van der Waals surface area contributed by atoms with Crippen molar-refractivity contribution in [3.63, 3.8) is 0 Å². The Morgan fingerprint density at radius 2 is 2.00 bits per heavy atom. The van der Waals surface area contributed by atoms with Gasteiger partial charge in [-0.05, 0) is 31.0 Å². The van der Waals surface area contributed by atoms with Crippen LogP contribution in [0.5, 0.6) is 0 Å². The van der Waals surface area contributed by atoms with Crippen LogP contribution in [0.25, 0.3) is 0 Å². The van der Waals surface area contributed by atoms with E-state index in [1.807, 2.05) is 13.0 Å². The van der Waals surface area contributed by atoms with Crippen LogP contribution >= 0.6 is 0 Å². The van der Waals surface area contributed by atoms with Crippen LogP contribution in [0.4, 0.5) is 5.95 Å². The molecule has 98 valence electrons. The van der Waals surface area contributed by atoms with Gasteiger partial charge in [0, 0.05) is 24.5 Å². The molecule has 0 fully saturated rings. The summed E-state index contributed by atoms with van der Waals surface area (Å²) < 4.78 is 0. The van der Waals surface area contributed by atoms with Crippen molar-refractivity contribution in [2.24, 2.45) is 0 Å². The molecule has 2 atom stereocenters. The van der Waals surface area contributed by atoms with Gasteiger partial charge in [-0.2, -0.15) is 0 Å². The molecule has 1 aromatic heterocycles. The molecule has 0 radical (unpaired) electrons. The van der Waals surface area contributed by atoms with Gasteiger partial charge in [-0.3, -0.25) is 0 Å². The van der Waals surface area contributed by atoms with Gasteiger partial charge in [0.1, 0.15) is 0 Å². The van der Waals surface area contributed by atoms with Crippen LogP contribution in [0.2, 0.25) is 0 Å². The summed E-state index contributed by atoms with van der Waals surface area (Å²) in [4.78, 5) is 8.68. The smallest absolute Gasteiger partial charge is 0.223 e. The molecule has 0 amide bonds. The van der Waals surface area contributed by atoms with E-state index in [1.54, 1.807) is 6.20 Å². The Kier molecular flexibility index (Phi) is 3.17. The number of fused-ring (bicyclic) bond motifs is 1. The Labute approximate surface area is 113 Å². The number of hydrogen-bond donors (Lipinski definition) is 2. The fourth-order valence-electron chi connectivity index (χ4n) is 2.54. The zero-order valence-electron chi connectivity index (χ0n) is 11.2. The van der Waals surface area contributed by atoms with Crippen molar-refractivity contribution < 1.29 is 0 Å². The molecule has 2 unspecified atom stereocenters. The van der Waals surface area contributed by atoms with E-state index >= 15 is 0 Å². The van der Waals surface area contributed by atoms with Crippen molar-refractivity contribution in [3.8, 4) is 0 Å². The van der Waals surface area contributed by atoms with E-state index in [2.05, 4.69) is 51.8 Å². The lowest BCUT2D eigenvalue weighted by Gasteiger charge is -2.31. The van der Waals surface area contributed by atoms with Crippen LogP contribution < -0.4 is 10.6 Å². The van der Waals surface area contributed by atoms with Gasteiger partial charge in [-0.25, -0.2) is 9.97 Å². The van der Waals surface area contributed by atoms with Gasteiger partial charge in [0.25, 0.3) is 0 Å². The third-order valence-corrected chi connectivity index (χ3v) is 3.56. The molecule has 2 N–H and O–H groups in total. The van der Waals surface area contributed by atoms with E-state index in [1.165, 1.54) is 11.1 Å². The molecule has 2 heterocycles. The molecule has 4 nitrogen and oxygen atoms in total. The molecule has 3 rings (SSSR count). The Morgan fingerprint density at radius 1 is 1.21 bits per heavy atom. The lowest BCUT2D eigenvalue weighted by molar-refractivity contribution is 0.499. The predicted molar refractivity (Wildman–Crippen MR) is 76.0 cm³/mol. The molecule has 0 saturated carbocycles. The highest BCUT2D eigenvalue weighted by atomic mass is 15.1. The second-order valence-corrected chi connectivity index (χ2v) is 4.98. The van der Waals surface area contributed by atoms with E-state index in [0.717, 1.165) is 12.2 Å². The fraction of sp³-hybridized carbons (Fsp3) is 0.333. The van der Waals surface area contributed by atoms with Crippen LogP contribution in [-0.4, -0.2) is 16.5 Å². The van der Waals surface area contributed by atoms with E-state index in [0.29, 0.717) is 12.0 Å². The number of hydrogen-bond acceptors (Lipinski definition) is 4. The monoisotopic (exact) mass is 254 g/mol. The third kappa shape index (κ3) is 2.44. The number of rotatable bonds is 2. The summed E-state index contributed by atoms with van der Waals surface area (Å²) in [5.74, 6) is 0.691. The van der Waals surface area contributed by atoms with Crippen LogP contribution in [0, 0.1) is 6.92 Å². The normalized spacial score (nSPS) is 21.8. The maximum absolute atomic E-state index is 4.41. The van der Waals surface area contributed by atoms with Crippen molar-refractivity contribution in [1.29, 1.82) is 0 Å². The van der Waals surface area contributed by atoms with Crippen LogP contribution in [0.15, 0.2) is 36.5 Å². The van der Waals surface area contributed by atoms with Crippen LogP contribution in [0.3, 0.4) is 0 Å². The summed E-state index contributed by atoms with van der Waals surface area (Å²) in [6.07, 6.45) is 1.79. The van der Waals surface area contributed by atoms with E-state index in [9.17, 15) is 0 Å². The van der Waals surface area contributed by atoms with E-state index in [-0.39, 0.29) is 6.04 Å². The topological polar surface area (TPSA) is 49.8 Å². The standard InChI is InChI=1S/C15H18N4/c1-10-7-8-16-15(18-10)19-14-9-17-11(2)12-5-3-4-6-13(12)14/h3-8,11,14,17H,9H2,1-2H3,(H,16,18,19). The minimum Gasteiger partial charge on any atom is -0.346 e. The Hall–Kier alpha value is -1.94. The number of aryl methyl sites for hydroxylation is 1. The average molecular weight is 254 g/mol. The minimum atomic E-state index is 0.217. The molecule has 1 aliphatic heterocycles. The lowest BCUT2D eigenvalue weighted by atomic mass is 9.92. The Morgan fingerprint density at radius 3 is 2.79 bits per heavy atom. The first-order chi connectivity index (χ1) is 9.24. The van der Waals surface area contributed by atoms with Gasteiger partial charge in [0.15, 0.2) is 0 Å². The maximum atomic E-state index is 4.41. The molecule has 2 aromatic rings. The molecule has 1 aliphatic rings. The van der Waals surface area contributed by atoms with Crippen molar-refractivity contribution in [3.05, 3.63) is 53.3 Å². The summed E-state index contributed by atoms with van der Waals surface area (Å²) in [6, 6.07) is 11.0. The van der Waals surface area contributed by atoms with Crippen molar-refractivity contribution >= 4 is 5.95 Å². The van der Waals surface area contributed by atoms with Gasteiger partial charge >= 0.3 is 0 Å². The van der Waals surface area contributed by atoms with Gasteiger partial charge in [0.05, 0.1) is 6.04 Å². The predicted octanol–water partition coefficient (Wildman–Crippen LogP) is 2.60. The molecule has 0 saturated heterocycles. The number of aromatic nitrogens is 2. The summed E-state index contributed by atoms with van der Waals surface area (Å²) >= 11 is 0. The SMILES string of the molecule is Cc1ccnc(NC2CNC(C)c3ccccc32)n1. The molecule has 1 aromatic carbocycles. The first kappa shape index (κ1) is 12.1. The van der Waals surface area contributed by atoms with Gasteiger partial charge in [-0.15, -0.1) is 0 Å². The highest BCUT2D eigenvalue weighted by Gasteiger charge is 2.24. The zero-order chi connectivity index (χ0) is 13.2. The maximum Gasteiger partial charge on any atom is 0.223 e. The number of nitrogens with one attached hydrogen (secondary N) is 2. The molecular formula is C15H18N4. The molecule has 4 heteroatoms. The van der Waals surface area contributed by atoms with Crippen LogP contribution in [-0.2, 0) is 0 Å². The first-order valence-corrected chi connectivity index (χ1v) is 6.62. The molecule has 0 spiro atoms. The Bertz CT molecular complexity index is 582. The van der Waals surface area contributed by atoms with Gasteiger partial charge < -0.3 is 10.6 Å². The molecule has 0 aliphatic carbocycles. The largest absolute Gasteiger partial charge is 0.346 e. The van der Waals surface area contributed by atoms with E-state index in [4.69, 9.17) is 0 Å².